The number of allylic oxidation sites excluding steroid dienone is 1. The average molecular weight is 297 g/mol. The van der Waals surface area contributed by atoms with Crippen LogP contribution in [0, 0.1) is 0 Å². The van der Waals surface area contributed by atoms with Gasteiger partial charge in [-0.25, -0.2) is 4.98 Å². The van der Waals surface area contributed by atoms with E-state index in [4.69, 9.17) is 4.74 Å². The van der Waals surface area contributed by atoms with Gasteiger partial charge in [0, 0.05) is 22.7 Å². The second-order valence-corrected chi connectivity index (χ2v) is 4.50. The minimum atomic E-state index is -0.143. The van der Waals surface area contributed by atoms with E-state index in [1.807, 2.05) is 19.9 Å². The maximum atomic E-state index is 11.9. The topological polar surface area (TPSA) is 51.2 Å². The molecule has 1 aliphatic rings. The lowest BCUT2D eigenvalue weighted by atomic mass is 10.1. The maximum Gasteiger partial charge on any atom is 0.260 e. The van der Waals surface area contributed by atoms with Crippen LogP contribution in [0.5, 0.6) is 0 Å². The second-order valence-electron chi connectivity index (χ2n) is 3.59. The fourth-order valence-electron chi connectivity index (χ4n) is 1.82. The van der Waals surface area contributed by atoms with Crippen molar-refractivity contribution in [2.75, 3.05) is 11.9 Å². The highest BCUT2D eigenvalue weighted by molar-refractivity contribution is 9.10. The van der Waals surface area contributed by atoms with Crippen LogP contribution in [-0.2, 0) is 9.53 Å². The SMILES string of the molecule is CCO/C(CC)=C1\C(=O)Nc2ncc(Br)cc21. The monoisotopic (exact) mass is 296 g/mol. The van der Waals surface area contributed by atoms with Gasteiger partial charge in [0.25, 0.3) is 5.91 Å². The number of hydrogen-bond donors (Lipinski definition) is 1. The molecule has 17 heavy (non-hydrogen) atoms. The van der Waals surface area contributed by atoms with E-state index in [1.54, 1.807) is 6.20 Å². The highest BCUT2D eigenvalue weighted by Gasteiger charge is 2.29. The zero-order chi connectivity index (χ0) is 12.4. The lowest BCUT2D eigenvalue weighted by molar-refractivity contribution is -0.111. The highest BCUT2D eigenvalue weighted by Crippen LogP contribution is 2.34. The fraction of sp³-hybridized carbons (Fsp3) is 0.333. The predicted octanol–water partition coefficient (Wildman–Crippen LogP) is 2.95. The maximum absolute atomic E-state index is 11.9. The van der Waals surface area contributed by atoms with Gasteiger partial charge in [-0.2, -0.15) is 0 Å². The first-order chi connectivity index (χ1) is 8.17. The summed E-state index contributed by atoms with van der Waals surface area (Å²) >= 11 is 3.36. The van der Waals surface area contributed by atoms with Gasteiger partial charge in [0.15, 0.2) is 0 Å². The molecule has 0 unspecified atom stereocenters. The van der Waals surface area contributed by atoms with Crippen molar-refractivity contribution in [3.8, 4) is 0 Å². The molecule has 5 heteroatoms. The number of hydrogen-bond acceptors (Lipinski definition) is 3. The molecule has 1 amide bonds. The summed E-state index contributed by atoms with van der Waals surface area (Å²) < 4.78 is 6.36. The van der Waals surface area contributed by atoms with Crippen LogP contribution in [0.15, 0.2) is 22.5 Å². The van der Waals surface area contributed by atoms with E-state index >= 15 is 0 Å². The van der Waals surface area contributed by atoms with Gasteiger partial charge in [-0.1, -0.05) is 6.92 Å². The van der Waals surface area contributed by atoms with Crippen molar-refractivity contribution >= 4 is 33.2 Å². The van der Waals surface area contributed by atoms with Crippen molar-refractivity contribution in [2.45, 2.75) is 20.3 Å². The molecule has 1 aliphatic heterocycles. The van der Waals surface area contributed by atoms with Crippen molar-refractivity contribution in [1.29, 1.82) is 0 Å². The van der Waals surface area contributed by atoms with E-state index in [9.17, 15) is 4.79 Å². The van der Waals surface area contributed by atoms with Crippen LogP contribution in [0.25, 0.3) is 5.57 Å². The molecule has 0 aliphatic carbocycles. The minimum Gasteiger partial charge on any atom is -0.497 e. The molecule has 2 heterocycles. The van der Waals surface area contributed by atoms with Crippen molar-refractivity contribution in [2.24, 2.45) is 0 Å². The summed E-state index contributed by atoms with van der Waals surface area (Å²) in [5, 5.41) is 2.74. The summed E-state index contributed by atoms with van der Waals surface area (Å²) in [5.41, 5.74) is 1.40. The molecule has 2 rings (SSSR count). The van der Waals surface area contributed by atoms with Gasteiger partial charge in [0.05, 0.1) is 12.2 Å². The van der Waals surface area contributed by atoms with Crippen molar-refractivity contribution in [3.05, 3.63) is 28.1 Å². The largest absolute Gasteiger partial charge is 0.497 e. The summed E-state index contributed by atoms with van der Waals surface area (Å²) in [7, 11) is 0. The minimum absolute atomic E-state index is 0.143. The molecule has 0 spiro atoms. The molecule has 0 saturated heterocycles. The number of aromatic nitrogens is 1. The first-order valence-corrected chi connectivity index (χ1v) is 6.29. The highest BCUT2D eigenvalue weighted by atomic mass is 79.9. The number of rotatable bonds is 3. The summed E-state index contributed by atoms with van der Waals surface area (Å²) in [6.45, 7) is 4.43. The summed E-state index contributed by atoms with van der Waals surface area (Å²) in [4.78, 5) is 16.1. The predicted molar refractivity (Wildman–Crippen MR) is 69.4 cm³/mol. The van der Waals surface area contributed by atoms with Crippen LogP contribution in [0.1, 0.15) is 25.8 Å². The average Bonchev–Trinajstić information content (AvgIpc) is 2.62. The van der Waals surface area contributed by atoms with Crippen LogP contribution in [0.3, 0.4) is 0 Å². The van der Waals surface area contributed by atoms with Gasteiger partial charge in [-0.15, -0.1) is 0 Å². The van der Waals surface area contributed by atoms with E-state index in [0.29, 0.717) is 30.2 Å². The first-order valence-electron chi connectivity index (χ1n) is 5.50. The number of amides is 1. The van der Waals surface area contributed by atoms with Gasteiger partial charge in [-0.3, -0.25) is 4.79 Å². The molecular weight excluding hydrogens is 284 g/mol. The molecule has 0 bridgehead atoms. The number of pyridine rings is 1. The normalized spacial score (nSPS) is 16.5. The second kappa shape index (κ2) is 4.87. The van der Waals surface area contributed by atoms with E-state index in [1.165, 1.54) is 0 Å². The molecule has 1 N–H and O–H groups in total. The van der Waals surface area contributed by atoms with Gasteiger partial charge in [-0.05, 0) is 28.9 Å². The van der Waals surface area contributed by atoms with Crippen LogP contribution in [-0.4, -0.2) is 17.5 Å². The van der Waals surface area contributed by atoms with Gasteiger partial charge < -0.3 is 10.1 Å². The summed E-state index contributed by atoms with van der Waals surface area (Å²) in [6, 6.07) is 1.88. The zero-order valence-corrected chi connectivity index (χ0v) is 11.3. The van der Waals surface area contributed by atoms with Crippen molar-refractivity contribution < 1.29 is 9.53 Å². The Hall–Kier alpha value is -1.36. The Labute approximate surface area is 108 Å². The fourth-order valence-corrected chi connectivity index (χ4v) is 2.16. The van der Waals surface area contributed by atoms with E-state index in [2.05, 4.69) is 26.2 Å². The van der Waals surface area contributed by atoms with Crippen LogP contribution >= 0.6 is 15.9 Å². The lowest BCUT2D eigenvalue weighted by Gasteiger charge is -2.09. The molecule has 0 aromatic carbocycles. The standard InChI is InChI=1S/C12H13BrN2O2/c1-3-9(17-4-2)10-8-5-7(13)6-14-11(8)15-12(10)16/h5-6H,3-4H2,1-2H3,(H,14,15,16)/b10-9-. The summed E-state index contributed by atoms with van der Waals surface area (Å²) in [6.07, 6.45) is 2.34. The smallest absolute Gasteiger partial charge is 0.260 e. The third-order valence-corrected chi connectivity index (χ3v) is 2.93. The Bertz CT molecular complexity index is 497. The number of fused-ring (bicyclic) bond motifs is 1. The molecule has 1 aromatic rings. The number of halogens is 1. The number of carbonyl (C=O) groups is 1. The molecule has 90 valence electrons. The molecule has 1 aromatic heterocycles. The van der Waals surface area contributed by atoms with Crippen molar-refractivity contribution in [1.82, 2.24) is 4.98 Å². The van der Waals surface area contributed by atoms with Crippen LogP contribution in [0.2, 0.25) is 0 Å². The number of carbonyl (C=O) groups excluding carboxylic acids is 1. The van der Waals surface area contributed by atoms with Gasteiger partial charge in [0.2, 0.25) is 0 Å². The Morgan fingerprint density at radius 1 is 1.53 bits per heavy atom. The molecular formula is C12H13BrN2O2. The Balaban J connectivity index is 2.56. The quantitative estimate of drug-likeness (QED) is 0.689. The number of nitrogens with zero attached hydrogens (tertiary/aromatic N) is 1. The number of nitrogens with one attached hydrogen (secondary N) is 1. The molecule has 0 radical (unpaired) electrons. The van der Waals surface area contributed by atoms with Crippen LogP contribution in [0.4, 0.5) is 5.82 Å². The molecule has 0 atom stereocenters. The Morgan fingerprint density at radius 3 is 2.94 bits per heavy atom. The third-order valence-electron chi connectivity index (χ3n) is 2.50. The molecule has 0 fully saturated rings. The number of ether oxygens (including phenoxy) is 1. The van der Waals surface area contributed by atoms with E-state index in [-0.39, 0.29) is 5.91 Å². The summed E-state index contributed by atoms with van der Waals surface area (Å²) in [5.74, 6) is 1.17. The van der Waals surface area contributed by atoms with Gasteiger partial charge in [0.1, 0.15) is 11.6 Å². The van der Waals surface area contributed by atoms with E-state index in [0.717, 1.165) is 10.0 Å². The first kappa shape index (κ1) is 12.1. The van der Waals surface area contributed by atoms with Gasteiger partial charge >= 0.3 is 0 Å². The zero-order valence-electron chi connectivity index (χ0n) is 9.71. The van der Waals surface area contributed by atoms with Crippen molar-refractivity contribution in [3.63, 3.8) is 0 Å². The third kappa shape index (κ3) is 2.20. The Kier molecular flexibility index (Phi) is 3.47. The van der Waals surface area contributed by atoms with E-state index < -0.39 is 0 Å². The lowest BCUT2D eigenvalue weighted by Crippen LogP contribution is -2.07. The number of anilines is 1. The molecule has 0 saturated carbocycles. The van der Waals surface area contributed by atoms with Crippen LogP contribution < -0.4 is 5.32 Å². The molecule has 4 nitrogen and oxygen atoms in total. The Morgan fingerprint density at radius 2 is 2.29 bits per heavy atom.